The van der Waals surface area contributed by atoms with Crippen molar-refractivity contribution in [3.05, 3.63) is 12.2 Å². The van der Waals surface area contributed by atoms with Crippen molar-refractivity contribution in [2.75, 3.05) is 6.54 Å². The van der Waals surface area contributed by atoms with Gasteiger partial charge in [-0.25, -0.2) is 0 Å². The molecule has 1 aromatic rings. The number of rotatable bonds is 4. The molecule has 0 saturated heterocycles. The Morgan fingerprint density at radius 1 is 1.46 bits per heavy atom. The Balaban J connectivity index is 1.63. The molecule has 4 nitrogen and oxygen atoms in total. The van der Waals surface area contributed by atoms with Gasteiger partial charge in [0, 0.05) is 19.0 Å². The van der Waals surface area contributed by atoms with Gasteiger partial charge in [0.15, 0.2) is 6.33 Å². The van der Waals surface area contributed by atoms with Crippen molar-refractivity contribution in [2.45, 2.75) is 38.1 Å². The van der Waals surface area contributed by atoms with E-state index in [1.54, 1.807) is 0 Å². The topological polar surface area (TPSA) is 51.0 Å². The van der Waals surface area contributed by atoms with Gasteiger partial charge in [0.25, 0.3) is 0 Å². The van der Waals surface area contributed by atoms with E-state index in [-0.39, 0.29) is 0 Å². The first-order valence-electron chi connectivity index (χ1n) is 4.94. The highest BCUT2D eigenvalue weighted by atomic mass is 16.5. The maximum absolute atomic E-state index is 4.90. The van der Waals surface area contributed by atoms with E-state index in [9.17, 15) is 0 Å². The Kier molecular flexibility index (Phi) is 2.92. The summed E-state index contributed by atoms with van der Waals surface area (Å²) >= 11 is 0. The van der Waals surface area contributed by atoms with Crippen LogP contribution in [0.1, 0.15) is 31.6 Å². The smallest absolute Gasteiger partial charge is 0.227 e. The minimum atomic E-state index is 0.725. The van der Waals surface area contributed by atoms with Crippen molar-refractivity contribution in [1.82, 2.24) is 15.5 Å². The molecule has 0 radical (unpaired) electrons. The molecule has 2 rings (SSSR count). The summed E-state index contributed by atoms with van der Waals surface area (Å²) in [5.41, 5.74) is 0. The summed E-state index contributed by atoms with van der Waals surface area (Å²) in [7, 11) is 0. The Labute approximate surface area is 77.7 Å². The number of nitrogens with one attached hydrogen (secondary N) is 1. The largest absolute Gasteiger partial charge is 0.340 e. The lowest BCUT2D eigenvalue weighted by Gasteiger charge is -2.09. The maximum atomic E-state index is 4.90. The minimum absolute atomic E-state index is 0.725. The van der Waals surface area contributed by atoms with Crippen molar-refractivity contribution in [3.8, 4) is 0 Å². The number of hydrogen-bond acceptors (Lipinski definition) is 4. The van der Waals surface area contributed by atoms with Crippen LogP contribution in [0.4, 0.5) is 0 Å². The highest BCUT2D eigenvalue weighted by molar-refractivity contribution is 4.78. The molecule has 1 fully saturated rings. The molecule has 0 aliphatic heterocycles. The molecular formula is C9H15N3O. The normalized spacial score (nSPS) is 18.2. The van der Waals surface area contributed by atoms with Crippen LogP contribution in [0.5, 0.6) is 0 Å². The molecular weight excluding hydrogens is 166 g/mol. The standard InChI is InChI=1S/C9H15N3O/c1-2-4-8(3-1)10-6-5-9-11-7-12-13-9/h7-8,10H,1-6H2. The zero-order valence-electron chi connectivity index (χ0n) is 7.70. The SMILES string of the molecule is c1noc(CCNC2CCCC2)n1. The second kappa shape index (κ2) is 4.37. The molecule has 1 aliphatic carbocycles. The van der Waals surface area contributed by atoms with Crippen LogP contribution < -0.4 is 5.32 Å². The predicted octanol–water partition coefficient (Wildman–Crippen LogP) is 1.14. The predicted molar refractivity (Wildman–Crippen MR) is 48.3 cm³/mol. The van der Waals surface area contributed by atoms with Gasteiger partial charge in [0.05, 0.1) is 0 Å². The van der Waals surface area contributed by atoms with Crippen molar-refractivity contribution < 1.29 is 4.52 Å². The van der Waals surface area contributed by atoms with E-state index >= 15 is 0 Å². The van der Waals surface area contributed by atoms with Gasteiger partial charge in [-0.3, -0.25) is 0 Å². The third-order valence-corrected chi connectivity index (χ3v) is 2.53. The van der Waals surface area contributed by atoms with Crippen molar-refractivity contribution in [2.24, 2.45) is 0 Å². The first kappa shape index (κ1) is 8.69. The zero-order chi connectivity index (χ0) is 8.93. The third kappa shape index (κ3) is 2.52. The van der Waals surface area contributed by atoms with E-state index in [2.05, 4.69) is 15.5 Å². The Morgan fingerprint density at radius 2 is 2.31 bits per heavy atom. The van der Waals surface area contributed by atoms with E-state index in [1.165, 1.54) is 32.0 Å². The van der Waals surface area contributed by atoms with E-state index < -0.39 is 0 Å². The van der Waals surface area contributed by atoms with E-state index in [4.69, 9.17) is 4.52 Å². The number of hydrogen-bond donors (Lipinski definition) is 1. The van der Waals surface area contributed by atoms with Crippen LogP contribution in [0.3, 0.4) is 0 Å². The molecule has 0 spiro atoms. The van der Waals surface area contributed by atoms with Crippen molar-refractivity contribution >= 4 is 0 Å². The summed E-state index contributed by atoms with van der Waals surface area (Å²) in [6.45, 7) is 0.951. The average molecular weight is 181 g/mol. The summed E-state index contributed by atoms with van der Waals surface area (Å²) in [5.74, 6) is 0.727. The van der Waals surface area contributed by atoms with Gasteiger partial charge in [-0.2, -0.15) is 4.98 Å². The summed E-state index contributed by atoms with van der Waals surface area (Å²) in [6.07, 6.45) is 7.69. The molecule has 4 heteroatoms. The minimum Gasteiger partial charge on any atom is -0.340 e. The average Bonchev–Trinajstić information content (AvgIpc) is 2.75. The third-order valence-electron chi connectivity index (χ3n) is 2.53. The summed E-state index contributed by atoms with van der Waals surface area (Å²) in [4.78, 5) is 3.96. The van der Waals surface area contributed by atoms with Gasteiger partial charge in [0.2, 0.25) is 5.89 Å². The van der Waals surface area contributed by atoms with Crippen LogP contribution >= 0.6 is 0 Å². The van der Waals surface area contributed by atoms with Gasteiger partial charge in [-0.05, 0) is 12.8 Å². The van der Waals surface area contributed by atoms with Crippen molar-refractivity contribution in [1.29, 1.82) is 0 Å². The lowest BCUT2D eigenvalue weighted by atomic mass is 10.2. The first-order valence-corrected chi connectivity index (χ1v) is 4.94. The molecule has 1 aliphatic rings. The molecule has 0 amide bonds. The first-order chi connectivity index (χ1) is 6.45. The van der Waals surface area contributed by atoms with Crippen molar-refractivity contribution in [3.63, 3.8) is 0 Å². The quantitative estimate of drug-likeness (QED) is 0.757. The molecule has 0 aromatic carbocycles. The molecule has 0 bridgehead atoms. The second-order valence-electron chi connectivity index (χ2n) is 3.52. The van der Waals surface area contributed by atoms with E-state index in [0.29, 0.717) is 0 Å². The van der Waals surface area contributed by atoms with Crippen LogP contribution in [0.2, 0.25) is 0 Å². The van der Waals surface area contributed by atoms with Gasteiger partial charge in [0.1, 0.15) is 0 Å². The monoisotopic (exact) mass is 181 g/mol. The van der Waals surface area contributed by atoms with Gasteiger partial charge < -0.3 is 9.84 Å². The Bertz CT molecular complexity index is 229. The Hall–Kier alpha value is -0.900. The maximum Gasteiger partial charge on any atom is 0.227 e. The van der Waals surface area contributed by atoms with E-state index in [0.717, 1.165) is 24.9 Å². The highest BCUT2D eigenvalue weighted by Crippen LogP contribution is 2.17. The Morgan fingerprint density at radius 3 is 3.00 bits per heavy atom. The number of nitrogens with zero attached hydrogens (tertiary/aromatic N) is 2. The summed E-state index contributed by atoms with van der Waals surface area (Å²) in [5, 5.41) is 7.05. The second-order valence-corrected chi connectivity index (χ2v) is 3.52. The molecule has 72 valence electrons. The lowest BCUT2D eigenvalue weighted by Crippen LogP contribution is -2.28. The fourth-order valence-electron chi connectivity index (χ4n) is 1.82. The summed E-state index contributed by atoms with van der Waals surface area (Å²) < 4.78 is 4.90. The summed E-state index contributed by atoms with van der Waals surface area (Å²) in [6, 6.07) is 0.725. The van der Waals surface area contributed by atoms with Crippen LogP contribution in [-0.2, 0) is 6.42 Å². The molecule has 1 heterocycles. The fourth-order valence-corrected chi connectivity index (χ4v) is 1.82. The fraction of sp³-hybridized carbons (Fsp3) is 0.778. The van der Waals surface area contributed by atoms with Gasteiger partial charge in [-0.15, -0.1) is 0 Å². The van der Waals surface area contributed by atoms with Crippen LogP contribution in [0.25, 0.3) is 0 Å². The van der Waals surface area contributed by atoms with Gasteiger partial charge >= 0.3 is 0 Å². The molecule has 1 saturated carbocycles. The van der Waals surface area contributed by atoms with Crippen LogP contribution in [0.15, 0.2) is 10.9 Å². The number of aromatic nitrogens is 2. The zero-order valence-corrected chi connectivity index (χ0v) is 7.70. The van der Waals surface area contributed by atoms with Crippen LogP contribution in [-0.4, -0.2) is 22.7 Å². The molecule has 1 aromatic heterocycles. The van der Waals surface area contributed by atoms with Gasteiger partial charge in [-0.1, -0.05) is 18.0 Å². The molecule has 0 unspecified atom stereocenters. The molecule has 1 N–H and O–H groups in total. The van der Waals surface area contributed by atoms with Crippen LogP contribution in [0, 0.1) is 0 Å². The molecule has 13 heavy (non-hydrogen) atoms. The van der Waals surface area contributed by atoms with E-state index in [1.807, 2.05) is 0 Å². The lowest BCUT2D eigenvalue weighted by molar-refractivity contribution is 0.371. The molecule has 0 atom stereocenters. The highest BCUT2D eigenvalue weighted by Gasteiger charge is 2.13.